The first-order valence-corrected chi connectivity index (χ1v) is 10.3. The number of nitrogens with zero attached hydrogens (tertiary/aromatic N) is 2. The van der Waals surface area contributed by atoms with E-state index in [2.05, 4.69) is 9.72 Å². The van der Waals surface area contributed by atoms with Crippen molar-refractivity contribution in [3.05, 3.63) is 10.0 Å². The number of anilines is 1. The molecule has 1 aromatic rings. The number of esters is 1. The minimum absolute atomic E-state index is 0.0488. The van der Waals surface area contributed by atoms with Crippen molar-refractivity contribution in [2.45, 2.75) is 12.3 Å². The molecule has 0 spiro atoms. The molecule has 1 saturated heterocycles. The summed E-state index contributed by atoms with van der Waals surface area (Å²) < 4.78 is 29.1. The molecule has 1 fully saturated rings. The normalized spacial score (nSPS) is 19.6. The highest BCUT2D eigenvalue weighted by atomic mass is 35.5. The van der Waals surface area contributed by atoms with Crippen LogP contribution in [0, 0.1) is 0 Å². The molecular formula is C11H15ClN2O4S3. The predicted molar refractivity (Wildman–Crippen MR) is 86.4 cm³/mol. The molecule has 10 heteroatoms. The molecule has 0 saturated carbocycles. The molecule has 0 bridgehead atoms. The fourth-order valence-electron chi connectivity index (χ4n) is 1.92. The van der Waals surface area contributed by atoms with Gasteiger partial charge in [0, 0.05) is 23.8 Å². The largest absolute Gasteiger partial charge is 0.465 e. The lowest BCUT2D eigenvalue weighted by Gasteiger charge is -2.34. The maximum atomic E-state index is 12.2. The average Bonchev–Trinajstić information content (AvgIpc) is 2.88. The number of sulfone groups is 1. The van der Waals surface area contributed by atoms with E-state index < -0.39 is 21.2 Å². The van der Waals surface area contributed by atoms with Crippen molar-refractivity contribution in [1.29, 1.82) is 0 Å². The van der Waals surface area contributed by atoms with Crippen molar-refractivity contribution >= 4 is 55.6 Å². The van der Waals surface area contributed by atoms with E-state index in [1.54, 1.807) is 23.6 Å². The van der Waals surface area contributed by atoms with Gasteiger partial charge in [0.2, 0.25) is 0 Å². The fraction of sp³-hybridized carbons (Fsp3) is 0.636. The Labute approximate surface area is 136 Å². The van der Waals surface area contributed by atoms with Crippen LogP contribution in [0.2, 0.25) is 5.15 Å². The molecule has 0 radical (unpaired) electrons. The van der Waals surface area contributed by atoms with Gasteiger partial charge < -0.3 is 9.64 Å². The maximum absolute atomic E-state index is 12.2. The van der Waals surface area contributed by atoms with Crippen LogP contribution in [0.3, 0.4) is 0 Å². The fourth-order valence-corrected chi connectivity index (χ4v) is 6.23. The molecule has 0 aromatic carbocycles. The minimum Gasteiger partial charge on any atom is -0.465 e. The van der Waals surface area contributed by atoms with Gasteiger partial charge >= 0.3 is 5.97 Å². The molecule has 118 valence electrons. The van der Waals surface area contributed by atoms with Crippen LogP contribution in [0.25, 0.3) is 0 Å². The van der Waals surface area contributed by atoms with Crippen LogP contribution in [-0.4, -0.2) is 55.7 Å². The second-order valence-corrected chi connectivity index (χ2v) is 9.22. The number of carbonyl (C=O) groups excluding carboxylic acids is 1. The topological polar surface area (TPSA) is 76.6 Å². The Bertz CT molecular complexity index is 631. The van der Waals surface area contributed by atoms with Gasteiger partial charge in [-0.05, 0) is 0 Å². The maximum Gasteiger partial charge on any atom is 0.351 e. The van der Waals surface area contributed by atoms with E-state index in [1.807, 2.05) is 0 Å². The van der Waals surface area contributed by atoms with E-state index in [-0.39, 0.29) is 15.8 Å². The minimum atomic E-state index is -3.24. The van der Waals surface area contributed by atoms with Gasteiger partial charge in [-0.3, -0.25) is 0 Å². The third-order valence-electron chi connectivity index (χ3n) is 3.09. The molecule has 1 aromatic heterocycles. The zero-order valence-corrected chi connectivity index (χ0v) is 14.7. The Morgan fingerprint density at radius 1 is 1.57 bits per heavy atom. The van der Waals surface area contributed by atoms with Crippen molar-refractivity contribution in [2.24, 2.45) is 0 Å². The summed E-state index contributed by atoms with van der Waals surface area (Å²) in [5.41, 5.74) is 0. The molecule has 2 heterocycles. The highest BCUT2D eigenvalue weighted by Crippen LogP contribution is 2.34. The third kappa shape index (κ3) is 3.46. The summed E-state index contributed by atoms with van der Waals surface area (Å²) in [6, 6.07) is 0. The van der Waals surface area contributed by atoms with E-state index in [0.717, 1.165) is 17.1 Å². The Hall–Kier alpha value is -0.510. The quantitative estimate of drug-likeness (QED) is 0.749. The molecule has 2 rings (SSSR count). The van der Waals surface area contributed by atoms with Gasteiger partial charge in [0.1, 0.15) is 5.37 Å². The number of ether oxygens (including phenoxy) is 1. The number of thiazole rings is 1. The molecule has 0 N–H and O–H groups in total. The lowest BCUT2D eigenvalue weighted by atomic mass is 10.5. The van der Waals surface area contributed by atoms with E-state index in [0.29, 0.717) is 17.4 Å². The highest BCUT2D eigenvalue weighted by Gasteiger charge is 2.35. The van der Waals surface area contributed by atoms with Gasteiger partial charge in [0.05, 0.1) is 7.11 Å². The Kier molecular flexibility index (Phi) is 5.39. The van der Waals surface area contributed by atoms with Crippen LogP contribution < -0.4 is 4.90 Å². The van der Waals surface area contributed by atoms with Gasteiger partial charge in [-0.1, -0.05) is 29.9 Å². The number of carbonyl (C=O) groups is 1. The zero-order valence-electron chi connectivity index (χ0n) is 11.5. The van der Waals surface area contributed by atoms with E-state index in [1.165, 1.54) is 7.11 Å². The monoisotopic (exact) mass is 370 g/mol. The van der Waals surface area contributed by atoms with E-state index in [9.17, 15) is 13.2 Å². The van der Waals surface area contributed by atoms with Gasteiger partial charge in [-0.15, -0.1) is 0 Å². The zero-order chi connectivity index (χ0) is 15.6. The van der Waals surface area contributed by atoms with Crippen molar-refractivity contribution in [1.82, 2.24) is 4.98 Å². The summed E-state index contributed by atoms with van der Waals surface area (Å²) in [4.78, 5) is 17.6. The lowest BCUT2D eigenvalue weighted by Crippen LogP contribution is -2.48. The van der Waals surface area contributed by atoms with E-state index >= 15 is 0 Å². The van der Waals surface area contributed by atoms with Gasteiger partial charge in [0.15, 0.2) is 25.0 Å². The number of hydrogen-bond donors (Lipinski definition) is 0. The average molecular weight is 371 g/mol. The molecule has 1 atom stereocenters. The molecule has 6 nitrogen and oxygen atoms in total. The number of hydrogen-bond acceptors (Lipinski definition) is 8. The molecule has 1 aliphatic heterocycles. The van der Waals surface area contributed by atoms with Crippen molar-refractivity contribution in [2.75, 3.05) is 35.8 Å². The van der Waals surface area contributed by atoms with Crippen LogP contribution in [0.5, 0.6) is 0 Å². The van der Waals surface area contributed by atoms with Gasteiger partial charge in [0.25, 0.3) is 0 Å². The summed E-state index contributed by atoms with van der Waals surface area (Å²) in [7, 11) is -1.97. The third-order valence-corrected chi connectivity index (χ3v) is 7.84. The van der Waals surface area contributed by atoms with Gasteiger partial charge in [-0.25, -0.2) is 18.2 Å². The van der Waals surface area contributed by atoms with Crippen LogP contribution in [0.1, 0.15) is 16.6 Å². The van der Waals surface area contributed by atoms with E-state index in [4.69, 9.17) is 11.6 Å². The molecule has 0 aliphatic carbocycles. The smallest absolute Gasteiger partial charge is 0.351 e. The van der Waals surface area contributed by atoms with Crippen LogP contribution in [0.4, 0.5) is 5.13 Å². The number of methoxy groups -OCH3 is 1. The summed E-state index contributed by atoms with van der Waals surface area (Å²) >= 11 is 8.61. The van der Waals surface area contributed by atoms with Gasteiger partial charge in [-0.2, -0.15) is 11.8 Å². The summed E-state index contributed by atoms with van der Waals surface area (Å²) in [5.74, 6) is 0.795. The first-order chi connectivity index (χ1) is 9.90. The number of rotatable bonds is 4. The molecule has 1 unspecified atom stereocenters. The van der Waals surface area contributed by atoms with Crippen molar-refractivity contribution < 1.29 is 17.9 Å². The number of thioether (sulfide) groups is 1. The van der Waals surface area contributed by atoms with Crippen molar-refractivity contribution in [3.63, 3.8) is 0 Å². The summed E-state index contributed by atoms with van der Waals surface area (Å²) in [6.45, 7) is 2.18. The SMILES string of the molecule is CCS(=O)(=O)C1CSCCN1c1nc(Cl)c(C(=O)OC)s1. The molecule has 0 amide bonds. The highest BCUT2D eigenvalue weighted by molar-refractivity contribution is 8.01. The second-order valence-electron chi connectivity index (χ2n) is 4.28. The Morgan fingerprint density at radius 3 is 2.90 bits per heavy atom. The molecule has 1 aliphatic rings. The second kappa shape index (κ2) is 6.72. The standard InChI is InChI=1S/C11H15ClN2O4S3/c1-3-21(16,17)7-6-19-5-4-14(7)11-13-9(12)8(20-11)10(15)18-2/h7H,3-6H2,1-2H3. The number of halogens is 1. The predicted octanol–water partition coefficient (Wildman–Crippen LogP) is 1.90. The number of aromatic nitrogens is 1. The first-order valence-electron chi connectivity index (χ1n) is 6.21. The summed E-state index contributed by atoms with van der Waals surface area (Å²) in [6.07, 6.45) is 0. The van der Waals surface area contributed by atoms with Crippen LogP contribution in [-0.2, 0) is 14.6 Å². The lowest BCUT2D eigenvalue weighted by molar-refractivity contribution is 0.0606. The molecule has 21 heavy (non-hydrogen) atoms. The van der Waals surface area contributed by atoms with Crippen LogP contribution >= 0.6 is 34.7 Å². The first kappa shape index (κ1) is 16.9. The Morgan fingerprint density at radius 2 is 2.29 bits per heavy atom. The van der Waals surface area contributed by atoms with Crippen LogP contribution in [0.15, 0.2) is 0 Å². The molecular weight excluding hydrogens is 356 g/mol. The Balaban J connectivity index is 2.36. The summed E-state index contributed by atoms with van der Waals surface area (Å²) in [5, 5.41) is -0.135. The van der Waals surface area contributed by atoms with Crippen molar-refractivity contribution in [3.8, 4) is 0 Å².